The van der Waals surface area contributed by atoms with Crippen LogP contribution in [0, 0.1) is 0 Å². The predicted molar refractivity (Wildman–Crippen MR) is 67.5 cm³/mol. The van der Waals surface area contributed by atoms with Crippen molar-refractivity contribution in [3.05, 3.63) is 0 Å². The van der Waals surface area contributed by atoms with Gasteiger partial charge in [0, 0.05) is 18.2 Å². The van der Waals surface area contributed by atoms with Gasteiger partial charge in [-0.3, -0.25) is 4.79 Å². The molecule has 0 aromatic heterocycles. The van der Waals surface area contributed by atoms with Gasteiger partial charge in [-0.1, -0.05) is 0 Å². The van der Waals surface area contributed by atoms with Crippen molar-refractivity contribution in [1.82, 2.24) is 5.32 Å². The van der Waals surface area contributed by atoms with E-state index >= 15 is 0 Å². The molecule has 0 spiro atoms. The van der Waals surface area contributed by atoms with Crippen molar-refractivity contribution in [1.29, 1.82) is 0 Å². The molecule has 0 aromatic rings. The maximum atomic E-state index is 12.2. The second-order valence-corrected chi connectivity index (χ2v) is 8.89. The van der Waals surface area contributed by atoms with Gasteiger partial charge < -0.3 is 5.32 Å². The molecule has 1 saturated heterocycles. The number of hydrogen-bond acceptors (Lipinski definition) is 4. The fraction of sp³-hybridized carbons (Fsp3) is 0.900. The number of rotatable bonds is 1. The largest absolute Gasteiger partial charge is 0.355 e. The first-order valence-corrected chi connectivity index (χ1v) is 7.39. The average molecular weight is 265 g/mol. The van der Waals surface area contributed by atoms with Gasteiger partial charge in [0.15, 0.2) is 9.84 Å². The third-order valence-electron chi connectivity index (χ3n) is 2.78. The molecule has 1 aliphatic heterocycles. The van der Waals surface area contributed by atoms with Gasteiger partial charge in [0.05, 0.1) is 10.00 Å². The highest BCUT2D eigenvalue weighted by molar-refractivity contribution is 7.93. The van der Waals surface area contributed by atoms with E-state index < -0.39 is 19.8 Å². The molecular weight excluding hydrogens is 246 g/mol. The maximum absolute atomic E-state index is 12.2. The molecule has 6 heteroatoms. The first-order chi connectivity index (χ1) is 7.14. The molecule has 0 aliphatic carbocycles. The quantitative estimate of drug-likeness (QED) is 0.689. The molecule has 0 radical (unpaired) electrons. The van der Waals surface area contributed by atoms with Crippen molar-refractivity contribution in [3.63, 3.8) is 0 Å². The van der Waals surface area contributed by atoms with E-state index in [9.17, 15) is 13.2 Å². The molecule has 0 aromatic carbocycles. The van der Waals surface area contributed by atoms with Crippen molar-refractivity contribution in [2.75, 3.05) is 6.54 Å². The summed E-state index contributed by atoms with van der Waals surface area (Å²) in [5.74, 6) is -0.200. The lowest BCUT2D eigenvalue weighted by atomic mass is 10.2. The average Bonchev–Trinajstić information content (AvgIpc) is 2.27. The summed E-state index contributed by atoms with van der Waals surface area (Å²) in [6, 6.07) is 0. The Bertz CT molecular complexity index is 370. The van der Waals surface area contributed by atoms with Crippen LogP contribution in [0.2, 0.25) is 0 Å². The molecule has 1 amide bonds. The summed E-state index contributed by atoms with van der Waals surface area (Å²) in [7, 11) is -3.30. The molecule has 1 heterocycles. The minimum atomic E-state index is -3.30. The SMILES string of the molecule is CC(C)(C)S(=O)(=O)C1CC(=O)NCC(S)C1. The standard InChI is InChI=1S/C10H19NO3S2/c1-10(2,3)16(13,14)8-4-7(15)6-11-9(12)5-8/h7-8,15H,4-6H2,1-3H3,(H,11,12). The lowest BCUT2D eigenvalue weighted by Crippen LogP contribution is -2.39. The summed E-state index contributed by atoms with van der Waals surface area (Å²) < 4.78 is 23.7. The Labute approximate surface area is 103 Å². The Hall–Kier alpha value is -0.230. The number of sulfone groups is 1. The van der Waals surface area contributed by atoms with Crippen LogP contribution in [0.25, 0.3) is 0 Å². The molecule has 0 saturated carbocycles. The Balaban J connectivity index is 2.98. The topological polar surface area (TPSA) is 63.2 Å². The summed E-state index contributed by atoms with van der Waals surface area (Å²) in [5, 5.41) is 1.97. The van der Waals surface area contributed by atoms with E-state index in [0.29, 0.717) is 13.0 Å². The van der Waals surface area contributed by atoms with Gasteiger partial charge in [0.25, 0.3) is 0 Å². The van der Waals surface area contributed by atoms with E-state index in [1.165, 1.54) is 0 Å². The number of carbonyl (C=O) groups excluding carboxylic acids is 1. The Morgan fingerprint density at radius 1 is 1.38 bits per heavy atom. The van der Waals surface area contributed by atoms with Crippen LogP contribution in [0.15, 0.2) is 0 Å². The Kier molecular flexibility index (Phi) is 3.95. The predicted octanol–water partition coefficient (Wildman–Crippen LogP) is 0.777. The molecule has 94 valence electrons. The first kappa shape index (κ1) is 13.8. The monoisotopic (exact) mass is 265 g/mol. The normalized spacial score (nSPS) is 28.4. The molecule has 2 atom stereocenters. The number of hydrogen-bond donors (Lipinski definition) is 2. The number of nitrogens with one attached hydrogen (secondary N) is 1. The number of carbonyl (C=O) groups is 1. The van der Waals surface area contributed by atoms with Crippen molar-refractivity contribution >= 4 is 28.4 Å². The van der Waals surface area contributed by atoms with Gasteiger partial charge in [-0.2, -0.15) is 12.6 Å². The van der Waals surface area contributed by atoms with Gasteiger partial charge in [-0.25, -0.2) is 8.42 Å². The van der Waals surface area contributed by atoms with Crippen LogP contribution in [0.3, 0.4) is 0 Å². The minimum Gasteiger partial charge on any atom is -0.355 e. The van der Waals surface area contributed by atoms with Gasteiger partial charge in [-0.15, -0.1) is 0 Å². The summed E-state index contributed by atoms with van der Waals surface area (Å²) in [5.41, 5.74) is 0. The third kappa shape index (κ3) is 2.91. The Morgan fingerprint density at radius 3 is 2.44 bits per heavy atom. The summed E-state index contributed by atoms with van der Waals surface area (Å²) in [6.45, 7) is 5.44. The minimum absolute atomic E-state index is 0.0522. The van der Waals surface area contributed by atoms with Gasteiger partial charge in [-0.05, 0) is 27.2 Å². The van der Waals surface area contributed by atoms with E-state index in [4.69, 9.17) is 0 Å². The van der Waals surface area contributed by atoms with Gasteiger partial charge in [0.1, 0.15) is 0 Å². The highest BCUT2D eigenvalue weighted by atomic mass is 32.2. The zero-order valence-corrected chi connectivity index (χ0v) is 11.6. The molecule has 1 N–H and O–H groups in total. The van der Waals surface area contributed by atoms with Gasteiger partial charge >= 0.3 is 0 Å². The smallest absolute Gasteiger partial charge is 0.221 e. The van der Waals surface area contributed by atoms with E-state index in [1.54, 1.807) is 20.8 Å². The highest BCUT2D eigenvalue weighted by Gasteiger charge is 2.39. The maximum Gasteiger partial charge on any atom is 0.221 e. The fourth-order valence-electron chi connectivity index (χ4n) is 1.72. The number of thiol groups is 1. The van der Waals surface area contributed by atoms with Crippen molar-refractivity contribution in [2.45, 2.75) is 48.9 Å². The lowest BCUT2D eigenvalue weighted by Gasteiger charge is -2.26. The zero-order chi connectivity index (χ0) is 12.6. The summed E-state index contributed by atoms with van der Waals surface area (Å²) in [6.07, 6.45) is 0.484. The summed E-state index contributed by atoms with van der Waals surface area (Å²) >= 11 is 4.28. The molecule has 1 rings (SSSR count). The molecule has 1 aliphatic rings. The van der Waals surface area contributed by atoms with Crippen LogP contribution in [0.1, 0.15) is 33.6 Å². The van der Waals surface area contributed by atoms with Crippen LogP contribution in [-0.2, 0) is 14.6 Å². The molecule has 16 heavy (non-hydrogen) atoms. The van der Waals surface area contributed by atoms with Crippen LogP contribution >= 0.6 is 12.6 Å². The van der Waals surface area contributed by atoms with Crippen molar-refractivity contribution < 1.29 is 13.2 Å². The van der Waals surface area contributed by atoms with E-state index in [1.807, 2.05) is 0 Å². The molecular formula is C10H19NO3S2. The molecule has 2 unspecified atom stereocenters. The Morgan fingerprint density at radius 2 is 1.94 bits per heavy atom. The van der Waals surface area contributed by atoms with E-state index in [2.05, 4.69) is 17.9 Å². The van der Waals surface area contributed by atoms with E-state index in [0.717, 1.165) is 0 Å². The first-order valence-electron chi connectivity index (χ1n) is 5.33. The van der Waals surface area contributed by atoms with Crippen LogP contribution in [0.5, 0.6) is 0 Å². The molecule has 0 bridgehead atoms. The van der Waals surface area contributed by atoms with Crippen LogP contribution in [0.4, 0.5) is 0 Å². The van der Waals surface area contributed by atoms with Gasteiger partial charge in [0.2, 0.25) is 5.91 Å². The second kappa shape index (κ2) is 4.56. The lowest BCUT2D eigenvalue weighted by molar-refractivity contribution is -0.120. The molecule has 1 fully saturated rings. The zero-order valence-electron chi connectivity index (χ0n) is 9.86. The third-order valence-corrected chi connectivity index (χ3v) is 6.11. The van der Waals surface area contributed by atoms with Crippen LogP contribution < -0.4 is 5.32 Å². The second-order valence-electron chi connectivity index (χ2n) is 5.18. The highest BCUT2D eigenvalue weighted by Crippen LogP contribution is 2.27. The van der Waals surface area contributed by atoms with Crippen LogP contribution in [-0.4, -0.2) is 36.1 Å². The molecule has 4 nitrogen and oxygen atoms in total. The number of amides is 1. The summed E-state index contributed by atoms with van der Waals surface area (Å²) in [4.78, 5) is 11.4. The fourth-order valence-corrected chi connectivity index (χ4v) is 4.06. The van der Waals surface area contributed by atoms with E-state index in [-0.39, 0.29) is 17.6 Å². The van der Waals surface area contributed by atoms with Crippen molar-refractivity contribution in [2.24, 2.45) is 0 Å². The van der Waals surface area contributed by atoms with Crippen molar-refractivity contribution in [3.8, 4) is 0 Å².